The minimum Gasteiger partial charge on any atom is -0.469 e. The zero-order valence-corrected chi connectivity index (χ0v) is 20.3. The Balaban J connectivity index is 1.33. The molecule has 3 aromatic rings. The Bertz CT molecular complexity index is 1210. The van der Waals surface area contributed by atoms with Gasteiger partial charge >= 0.3 is 0 Å². The van der Waals surface area contributed by atoms with Gasteiger partial charge in [-0.05, 0) is 55.5 Å². The molecule has 2 unspecified atom stereocenters. The molecule has 1 amide bonds. The summed E-state index contributed by atoms with van der Waals surface area (Å²) in [7, 11) is -3.56. The molecule has 0 spiro atoms. The van der Waals surface area contributed by atoms with Crippen LogP contribution in [0.1, 0.15) is 26.0 Å². The molecule has 1 aromatic carbocycles. The van der Waals surface area contributed by atoms with Crippen molar-refractivity contribution in [2.75, 3.05) is 24.2 Å². The first-order valence-corrected chi connectivity index (χ1v) is 13.1. The monoisotopic (exact) mass is 490 g/mol. The lowest BCUT2D eigenvalue weighted by Crippen LogP contribution is -2.42. The normalized spacial score (nSPS) is 19.5. The van der Waals surface area contributed by atoms with E-state index in [-0.39, 0.29) is 21.8 Å². The van der Waals surface area contributed by atoms with Crippen LogP contribution in [0.15, 0.2) is 55.5 Å². The Hall–Kier alpha value is -2.63. The van der Waals surface area contributed by atoms with Gasteiger partial charge in [0.1, 0.15) is 5.76 Å². The van der Waals surface area contributed by atoms with Gasteiger partial charge in [-0.1, -0.05) is 25.6 Å². The van der Waals surface area contributed by atoms with Gasteiger partial charge in [-0.25, -0.2) is 8.42 Å². The largest absolute Gasteiger partial charge is 0.469 e. The van der Waals surface area contributed by atoms with Crippen LogP contribution in [0.3, 0.4) is 0 Å². The number of anilines is 1. The van der Waals surface area contributed by atoms with E-state index in [0.29, 0.717) is 47.8 Å². The summed E-state index contributed by atoms with van der Waals surface area (Å²) in [6, 6.07) is 7.98. The number of aromatic nitrogens is 2. The number of benzene rings is 1. The molecule has 4 rings (SSSR count). The van der Waals surface area contributed by atoms with Crippen LogP contribution in [-0.2, 0) is 14.8 Å². The highest BCUT2D eigenvalue weighted by Gasteiger charge is 2.31. The number of hydrogen-bond donors (Lipinski definition) is 1. The van der Waals surface area contributed by atoms with E-state index in [1.807, 2.05) is 0 Å². The molecule has 2 aromatic heterocycles. The number of sulfonamides is 1. The Morgan fingerprint density at radius 3 is 2.48 bits per heavy atom. The third-order valence-electron chi connectivity index (χ3n) is 5.43. The second kappa shape index (κ2) is 9.70. The predicted octanol–water partition coefficient (Wildman–Crippen LogP) is 4.04. The second-order valence-electron chi connectivity index (χ2n) is 8.39. The number of nitrogens with zero attached hydrogens (tertiary/aromatic N) is 3. The molecule has 33 heavy (non-hydrogen) atoms. The van der Waals surface area contributed by atoms with Crippen molar-refractivity contribution >= 4 is 33.4 Å². The topological polar surface area (TPSA) is 119 Å². The van der Waals surface area contributed by atoms with Crippen LogP contribution in [0, 0.1) is 18.8 Å². The fourth-order valence-electron chi connectivity index (χ4n) is 3.97. The van der Waals surface area contributed by atoms with Crippen molar-refractivity contribution in [3.8, 4) is 11.5 Å². The maximum Gasteiger partial charge on any atom is 0.277 e. The fourth-order valence-corrected chi connectivity index (χ4v) is 6.21. The third kappa shape index (κ3) is 5.48. The second-order valence-corrected chi connectivity index (χ2v) is 11.3. The minimum atomic E-state index is -3.56. The van der Waals surface area contributed by atoms with Crippen molar-refractivity contribution in [1.29, 1.82) is 0 Å². The van der Waals surface area contributed by atoms with Crippen LogP contribution in [-0.4, -0.2) is 47.7 Å². The van der Waals surface area contributed by atoms with Crippen LogP contribution >= 0.6 is 11.8 Å². The number of nitrogens with one attached hydrogen (secondary N) is 1. The van der Waals surface area contributed by atoms with Crippen molar-refractivity contribution in [3.05, 3.63) is 42.4 Å². The summed E-state index contributed by atoms with van der Waals surface area (Å²) in [4.78, 5) is 12.5. The molecule has 11 heteroatoms. The van der Waals surface area contributed by atoms with Crippen molar-refractivity contribution < 1.29 is 22.0 Å². The molecule has 1 aliphatic heterocycles. The van der Waals surface area contributed by atoms with E-state index in [1.54, 1.807) is 35.7 Å². The number of hydrogen-bond acceptors (Lipinski definition) is 8. The molecule has 0 saturated carbocycles. The lowest BCUT2D eigenvalue weighted by molar-refractivity contribution is -0.113. The molecular weight excluding hydrogens is 464 g/mol. The standard InChI is InChI=1S/C22H26N4O5S2/c1-14-10-15(2)12-26(11-14)33(28,29)18-6-4-17(5-7-18)23-20(27)13-32-22-25-24-21(31-22)19-8-9-30-16(19)3/h4-9,14-15H,10-13H2,1-3H3,(H,23,27). The van der Waals surface area contributed by atoms with E-state index in [9.17, 15) is 13.2 Å². The Kier molecular flexibility index (Phi) is 6.91. The maximum atomic E-state index is 13.0. The van der Waals surface area contributed by atoms with Crippen LogP contribution in [0.4, 0.5) is 5.69 Å². The summed E-state index contributed by atoms with van der Waals surface area (Å²) >= 11 is 1.11. The van der Waals surface area contributed by atoms with Crippen LogP contribution in [0.2, 0.25) is 0 Å². The molecular formula is C22H26N4O5S2. The highest BCUT2D eigenvalue weighted by Crippen LogP contribution is 2.28. The van der Waals surface area contributed by atoms with Gasteiger partial charge in [0.05, 0.1) is 22.5 Å². The van der Waals surface area contributed by atoms with Crippen LogP contribution < -0.4 is 5.32 Å². The molecule has 3 heterocycles. The van der Waals surface area contributed by atoms with Gasteiger partial charge in [-0.3, -0.25) is 4.79 Å². The van der Waals surface area contributed by atoms with Crippen molar-refractivity contribution in [2.24, 2.45) is 11.8 Å². The predicted molar refractivity (Wildman–Crippen MR) is 124 cm³/mol. The zero-order chi connectivity index (χ0) is 23.6. The molecule has 0 radical (unpaired) electrons. The van der Waals surface area contributed by atoms with Crippen LogP contribution in [0.5, 0.6) is 0 Å². The van der Waals surface area contributed by atoms with E-state index < -0.39 is 10.0 Å². The summed E-state index contributed by atoms with van der Waals surface area (Å²) in [5.41, 5.74) is 1.22. The van der Waals surface area contributed by atoms with E-state index in [2.05, 4.69) is 29.4 Å². The molecule has 0 aliphatic carbocycles. The maximum absolute atomic E-state index is 13.0. The number of amides is 1. The zero-order valence-electron chi connectivity index (χ0n) is 18.6. The molecule has 1 fully saturated rings. The minimum absolute atomic E-state index is 0.0651. The van der Waals surface area contributed by atoms with Gasteiger partial charge in [0, 0.05) is 18.8 Å². The van der Waals surface area contributed by atoms with E-state index >= 15 is 0 Å². The molecule has 2 atom stereocenters. The van der Waals surface area contributed by atoms with Crippen molar-refractivity contribution in [3.63, 3.8) is 0 Å². The van der Waals surface area contributed by atoms with E-state index in [1.165, 1.54) is 12.1 Å². The number of aryl methyl sites for hydroxylation is 1. The highest BCUT2D eigenvalue weighted by molar-refractivity contribution is 7.99. The van der Waals surface area contributed by atoms with Gasteiger partial charge in [-0.15, -0.1) is 10.2 Å². The number of rotatable bonds is 7. The van der Waals surface area contributed by atoms with E-state index in [0.717, 1.165) is 18.2 Å². The SMILES string of the molecule is Cc1occc1-c1nnc(SCC(=O)Nc2ccc(S(=O)(=O)N3CC(C)CC(C)C3)cc2)o1. The summed E-state index contributed by atoms with van der Waals surface area (Å²) < 4.78 is 38.3. The first-order chi connectivity index (χ1) is 15.7. The first-order valence-electron chi connectivity index (χ1n) is 10.6. The van der Waals surface area contributed by atoms with Gasteiger partial charge in [0.15, 0.2) is 0 Å². The lowest BCUT2D eigenvalue weighted by Gasteiger charge is -2.34. The number of carbonyl (C=O) groups excluding carboxylic acids is 1. The molecule has 1 aliphatic rings. The third-order valence-corrected chi connectivity index (χ3v) is 8.10. The quantitative estimate of drug-likeness (QED) is 0.493. The molecule has 1 N–H and O–H groups in total. The first kappa shape index (κ1) is 23.5. The van der Waals surface area contributed by atoms with Gasteiger partial charge in [-0.2, -0.15) is 4.31 Å². The number of carbonyl (C=O) groups is 1. The molecule has 1 saturated heterocycles. The summed E-state index contributed by atoms with van der Waals surface area (Å²) in [5, 5.41) is 10.9. The molecule has 9 nitrogen and oxygen atoms in total. The summed E-state index contributed by atoms with van der Waals surface area (Å²) in [6.45, 7) is 6.99. The molecule has 0 bridgehead atoms. The summed E-state index contributed by atoms with van der Waals surface area (Å²) in [6.07, 6.45) is 2.57. The summed E-state index contributed by atoms with van der Waals surface area (Å²) in [5.74, 6) is 1.46. The Labute approximate surface area is 197 Å². The Morgan fingerprint density at radius 2 is 1.85 bits per heavy atom. The van der Waals surface area contributed by atoms with E-state index in [4.69, 9.17) is 8.83 Å². The van der Waals surface area contributed by atoms with Gasteiger partial charge in [0.2, 0.25) is 15.9 Å². The average molecular weight is 491 g/mol. The van der Waals surface area contributed by atoms with Crippen molar-refractivity contribution in [2.45, 2.75) is 37.3 Å². The number of thioether (sulfide) groups is 1. The smallest absolute Gasteiger partial charge is 0.277 e. The lowest BCUT2D eigenvalue weighted by atomic mass is 9.94. The molecule has 176 valence electrons. The van der Waals surface area contributed by atoms with Gasteiger partial charge in [0.25, 0.3) is 11.1 Å². The Morgan fingerprint density at radius 1 is 1.15 bits per heavy atom. The average Bonchev–Trinajstić information content (AvgIpc) is 3.40. The van der Waals surface area contributed by atoms with Crippen molar-refractivity contribution in [1.82, 2.24) is 14.5 Å². The highest BCUT2D eigenvalue weighted by atomic mass is 32.2. The van der Waals surface area contributed by atoms with Crippen LogP contribution in [0.25, 0.3) is 11.5 Å². The van der Waals surface area contributed by atoms with Gasteiger partial charge < -0.3 is 14.2 Å². The number of piperidine rings is 1. The fraction of sp³-hybridized carbons (Fsp3) is 0.409. The number of furan rings is 1.